The molecule has 1 aromatic heterocycles. The molecule has 1 atom stereocenters. The van der Waals surface area contributed by atoms with E-state index in [4.69, 9.17) is 0 Å². The second-order valence-corrected chi connectivity index (χ2v) is 5.86. The molecule has 1 heterocycles. The van der Waals surface area contributed by atoms with E-state index in [1.54, 1.807) is 0 Å². The van der Waals surface area contributed by atoms with Crippen LogP contribution in [0.2, 0.25) is 0 Å². The Bertz CT molecular complexity index is 474. The van der Waals surface area contributed by atoms with E-state index in [0.717, 1.165) is 25.8 Å². The van der Waals surface area contributed by atoms with Crippen molar-refractivity contribution < 1.29 is 5.11 Å². The Morgan fingerprint density at radius 2 is 2.05 bits per heavy atom. The second kappa shape index (κ2) is 6.97. The average molecular weight is 281 g/mol. The lowest BCUT2D eigenvalue weighted by Gasteiger charge is -2.15. The second-order valence-electron chi connectivity index (χ2n) is 5.86. The number of rotatable bonds is 9. The third kappa shape index (κ3) is 3.66. The molecule has 20 heavy (non-hydrogen) atoms. The van der Waals surface area contributed by atoms with E-state index in [1.165, 1.54) is 30.3 Å². The van der Waals surface area contributed by atoms with Crippen molar-refractivity contribution in [2.75, 3.05) is 6.54 Å². The average Bonchev–Trinajstić information content (AvgIpc) is 3.20. The first kappa shape index (κ1) is 15.2. The zero-order valence-electron chi connectivity index (χ0n) is 12.6. The van der Waals surface area contributed by atoms with Crippen LogP contribution in [0, 0.1) is 0 Å². The van der Waals surface area contributed by atoms with Crippen molar-refractivity contribution in [3.8, 4) is 5.88 Å². The highest BCUT2D eigenvalue weighted by atomic mass is 16.3. The van der Waals surface area contributed by atoms with E-state index >= 15 is 0 Å². The maximum absolute atomic E-state index is 11.9. The summed E-state index contributed by atoms with van der Waals surface area (Å²) in [7, 11) is 0. The van der Waals surface area contributed by atoms with Crippen molar-refractivity contribution in [2.24, 2.45) is 0 Å². The first-order valence-electron chi connectivity index (χ1n) is 7.92. The summed E-state index contributed by atoms with van der Waals surface area (Å²) in [6.45, 7) is 5.00. The van der Waals surface area contributed by atoms with Crippen LogP contribution in [0.1, 0.15) is 76.6 Å². The maximum Gasteiger partial charge on any atom is 0.329 e. The summed E-state index contributed by atoms with van der Waals surface area (Å²) in [5.74, 6) is 0.466. The van der Waals surface area contributed by atoms with Gasteiger partial charge in [0.1, 0.15) is 0 Å². The lowest BCUT2D eigenvalue weighted by Crippen LogP contribution is -2.31. The maximum atomic E-state index is 11.9. The number of aromatic hydroxyl groups is 1. The number of nitrogens with zero attached hydrogens (tertiary/aromatic N) is 1. The molecule has 5 nitrogen and oxygen atoms in total. The van der Waals surface area contributed by atoms with Crippen molar-refractivity contribution in [1.29, 1.82) is 0 Å². The van der Waals surface area contributed by atoms with Gasteiger partial charge in [-0.1, -0.05) is 32.6 Å². The minimum Gasteiger partial charge on any atom is -0.493 e. The van der Waals surface area contributed by atoms with Crippen molar-refractivity contribution in [1.82, 2.24) is 14.9 Å². The number of unbranched alkanes of at least 4 members (excludes halogenated alkanes) is 4. The lowest BCUT2D eigenvalue weighted by atomic mass is 10.1. The van der Waals surface area contributed by atoms with Gasteiger partial charge in [-0.3, -0.25) is 5.32 Å². The molecule has 1 unspecified atom stereocenters. The molecule has 0 radical (unpaired) electrons. The summed E-state index contributed by atoms with van der Waals surface area (Å²) in [6, 6.07) is 0. The summed E-state index contributed by atoms with van der Waals surface area (Å²) < 4.78 is 1.43. The molecule has 0 aliphatic heterocycles. The predicted molar refractivity (Wildman–Crippen MR) is 80.2 cm³/mol. The van der Waals surface area contributed by atoms with E-state index in [2.05, 4.69) is 17.2 Å². The van der Waals surface area contributed by atoms with Gasteiger partial charge in [0, 0.05) is 5.92 Å². The molecular formula is C15H27N3O2. The first-order valence-corrected chi connectivity index (χ1v) is 7.92. The number of H-pyrrole nitrogens is 1. The largest absolute Gasteiger partial charge is 0.493 e. The van der Waals surface area contributed by atoms with Crippen LogP contribution in [0.15, 0.2) is 4.79 Å². The van der Waals surface area contributed by atoms with Crippen LogP contribution in [0.25, 0.3) is 0 Å². The van der Waals surface area contributed by atoms with Crippen LogP contribution < -0.4 is 11.0 Å². The van der Waals surface area contributed by atoms with Gasteiger partial charge in [0.2, 0.25) is 5.88 Å². The molecule has 3 N–H and O–H groups in total. The van der Waals surface area contributed by atoms with Gasteiger partial charge in [-0.05, 0) is 32.7 Å². The van der Waals surface area contributed by atoms with Crippen LogP contribution in [-0.2, 0) is 0 Å². The van der Waals surface area contributed by atoms with Gasteiger partial charge in [-0.2, -0.15) is 0 Å². The molecule has 2 rings (SSSR count). The van der Waals surface area contributed by atoms with Crippen LogP contribution in [0.3, 0.4) is 0 Å². The minimum absolute atomic E-state index is 0.114. The Morgan fingerprint density at radius 3 is 2.70 bits per heavy atom. The molecule has 5 heteroatoms. The Labute approximate surface area is 120 Å². The van der Waals surface area contributed by atoms with Gasteiger partial charge in [-0.25, -0.2) is 9.36 Å². The predicted octanol–water partition coefficient (Wildman–Crippen LogP) is 2.84. The van der Waals surface area contributed by atoms with Crippen molar-refractivity contribution in [3.05, 3.63) is 16.2 Å². The molecule has 114 valence electrons. The summed E-state index contributed by atoms with van der Waals surface area (Å²) in [6.07, 6.45) is 8.10. The molecule has 1 aliphatic rings. The van der Waals surface area contributed by atoms with Crippen molar-refractivity contribution in [3.63, 3.8) is 0 Å². The topological polar surface area (TPSA) is 70.0 Å². The molecule has 0 bridgehead atoms. The van der Waals surface area contributed by atoms with Crippen LogP contribution in [0.5, 0.6) is 5.88 Å². The van der Waals surface area contributed by atoms with E-state index in [-0.39, 0.29) is 17.7 Å². The SMILES string of the molecule is CCCCCCCNC(C)n1c(O)c(C2CC2)[nH]c1=O. The molecule has 0 aromatic carbocycles. The van der Waals surface area contributed by atoms with E-state index in [0.29, 0.717) is 11.6 Å². The number of nitrogens with one attached hydrogen (secondary N) is 2. The zero-order valence-corrected chi connectivity index (χ0v) is 12.6. The molecule has 1 aromatic rings. The standard InChI is InChI=1S/C15H27N3O2/c1-3-4-5-6-7-10-16-11(2)18-14(19)13(12-8-9-12)17-15(18)20/h11-12,16,19H,3-10H2,1-2H3,(H,17,20). The van der Waals surface area contributed by atoms with Gasteiger partial charge in [0.05, 0.1) is 11.9 Å². The molecular weight excluding hydrogens is 254 g/mol. The van der Waals surface area contributed by atoms with Gasteiger partial charge in [0.15, 0.2) is 0 Å². The van der Waals surface area contributed by atoms with Crippen molar-refractivity contribution in [2.45, 2.75) is 70.9 Å². The van der Waals surface area contributed by atoms with E-state index < -0.39 is 0 Å². The highest BCUT2D eigenvalue weighted by Crippen LogP contribution is 2.42. The van der Waals surface area contributed by atoms with Gasteiger partial charge < -0.3 is 10.1 Å². The Balaban J connectivity index is 1.83. The van der Waals surface area contributed by atoms with Gasteiger partial charge in [-0.15, -0.1) is 0 Å². The third-order valence-corrected chi connectivity index (χ3v) is 4.02. The molecule has 0 spiro atoms. The summed E-state index contributed by atoms with van der Waals surface area (Å²) >= 11 is 0. The molecule has 0 amide bonds. The smallest absolute Gasteiger partial charge is 0.329 e. The fourth-order valence-corrected chi connectivity index (χ4v) is 2.60. The Hall–Kier alpha value is -1.23. The molecule has 1 aliphatic carbocycles. The highest BCUT2D eigenvalue weighted by molar-refractivity contribution is 5.26. The number of aromatic nitrogens is 2. The number of aromatic amines is 1. The fraction of sp³-hybridized carbons (Fsp3) is 0.800. The quantitative estimate of drug-likeness (QED) is 0.610. The molecule has 1 fully saturated rings. The fourth-order valence-electron chi connectivity index (χ4n) is 2.60. The van der Waals surface area contributed by atoms with Gasteiger partial charge >= 0.3 is 5.69 Å². The van der Waals surface area contributed by atoms with Crippen LogP contribution in [-0.4, -0.2) is 21.2 Å². The summed E-state index contributed by atoms with van der Waals surface area (Å²) in [4.78, 5) is 14.7. The van der Waals surface area contributed by atoms with Crippen molar-refractivity contribution >= 4 is 0 Å². The number of hydrogen-bond donors (Lipinski definition) is 3. The van der Waals surface area contributed by atoms with Gasteiger partial charge in [0.25, 0.3) is 0 Å². The monoisotopic (exact) mass is 281 g/mol. The summed E-state index contributed by atoms with van der Waals surface area (Å²) in [5, 5.41) is 13.5. The Morgan fingerprint density at radius 1 is 1.35 bits per heavy atom. The lowest BCUT2D eigenvalue weighted by molar-refractivity contribution is 0.346. The third-order valence-electron chi connectivity index (χ3n) is 4.02. The highest BCUT2D eigenvalue weighted by Gasteiger charge is 2.31. The van der Waals surface area contributed by atoms with E-state index in [1.807, 2.05) is 6.92 Å². The number of imidazole rings is 1. The Kier molecular flexibility index (Phi) is 5.29. The first-order chi connectivity index (χ1) is 9.65. The molecule has 1 saturated carbocycles. The summed E-state index contributed by atoms with van der Waals surface area (Å²) in [5.41, 5.74) is 0.502. The zero-order chi connectivity index (χ0) is 14.5. The molecule has 0 saturated heterocycles. The van der Waals surface area contributed by atoms with E-state index in [9.17, 15) is 9.90 Å². The number of hydrogen-bond acceptors (Lipinski definition) is 3. The normalized spacial score (nSPS) is 16.5. The van der Waals surface area contributed by atoms with Crippen LogP contribution in [0.4, 0.5) is 0 Å². The minimum atomic E-state index is -0.213. The van der Waals surface area contributed by atoms with Crippen LogP contribution >= 0.6 is 0 Å².